The lowest BCUT2D eigenvalue weighted by Gasteiger charge is -2.20. The number of fused-ring (bicyclic) bond motifs is 1. The Morgan fingerprint density at radius 2 is 1.26 bits per heavy atom. The van der Waals surface area contributed by atoms with Gasteiger partial charge in [-0.3, -0.25) is 14.6 Å². The molecule has 2 amide bonds. The Morgan fingerprint density at radius 1 is 0.807 bits per heavy atom. The van der Waals surface area contributed by atoms with Gasteiger partial charge in [0.25, 0.3) is 5.91 Å². The van der Waals surface area contributed by atoms with Crippen molar-refractivity contribution >= 4 is 52.0 Å². The highest BCUT2D eigenvalue weighted by Crippen LogP contribution is 2.38. The third-order valence-electron chi connectivity index (χ3n) is 6.46. The SMILES string of the molecule is CCOc1cc2ncc(C(N)=O)c(Nc3cccc(CNC(=O)[C@@H](N)CN)c3CC)c2cc1OCC.O=C(O)C(F)(F)F.O=C(O)C(F)(F)F.O=C(O)C(F)(F)F. The highest BCUT2D eigenvalue weighted by Gasteiger charge is 2.39. The van der Waals surface area contributed by atoms with Crippen molar-refractivity contribution in [2.24, 2.45) is 17.2 Å². The van der Waals surface area contributed by atoms with Gasteiger partial charge in [-0.15, -0.1) is 0 Å². The summed E-state index contributed by atoms with van der Waals surface area (Å²) in [6.07, 6.45) is -13.1. The summed E-state index contributed by atoms with van der Waals surface area (Å²) in [5, 5.41) is 28.3. The van der Waals surface area contributed by atoms with Gasteiger partial charge in [0.2, 0.25) is 5.91 Å². The molecule has 1 aromatic heterocycles. The topological polar surface area (TPSA) is 280 Å². The molecule has 0 unspecified atom stereocenters. The van der Waals surface area contributed by atoms with Gasteiger partial charge >= 0.3 is 36.4 Å². The average Bonchev–Trinajstić information content (AvgIpc) is 3.10. The van der Waals surface area contributed by atoms with Gasteiger partial charge in [-0.1, -0.05) is 19.1 Å². The van der Waals surface area contributed by atoms with Crippen LogP contribution in [-0.2, 0) is 32.1 Å². The van der Waals surface area contributed by atoms with E-state index in [-0.39, 0.29) is 24.6 Å². The number of amides is 2. The first-order valence-corrected chi connectivity index (χ1v) is 15.7. The Balaban J connectivity index is 0.00000121. The Morgan fingerprint density at radius 3 is 1.65 bits per heavy atom. The van der Waals surface area contributed by atoms with Gasteiger partial charge < -0.3 is 52.6 Å². The number of carboxylic acids is 3. The number of rotatable bonds is 12. The predicted molar refractivity (Wildman–Crippen MR) is 182 cm³/mol. The zero-order valence-corrected chi connectivity index (χ0v) is 29.9. The lowest BCUT2D eigenvalue weighted by atomic mass is 10.0. The molecule has 0 saturated carbocycles. The van der Waals surface area contributed by atoms with Gasteiger partial charge in [-0.05, 0) is 43.5 Å². The molecule has 0 bridgehead atoms. The average molecular weight is 837 g/mol. The molecule has 11 N–H and O–H groups in total. The van der Waals surface area contributed by atoms with Crippen LogP contribution in [-0.4, -0.2) is 94.4 Å². The summed E-state index contributed by atoms with van der Waals surface area (Å²) >= 11 is 0. The van der Waals surface area contributed by atoms with E-state index in [1.54, 1.807) is 12.1 Å². The molecule has 1 atom stereocenters. The number of pyridine rings is 1. The van der Waals surface area contributed by atoms with E-state index in [4.69, 9.17) is 56.4 Å². The van der Waals surface area contributed by atoms with Gasteiger partial charge in [0.1, 0.15) is 0 Å². The summed E-state index contributed by atoms with van der Waals surface area (Å²) < 4.78 is 107. The number of carbonyl (C=O) groups excluding carboxylic acids is 2. The summed E-state index contributed by atoms with van der Waals surface area (Å²) in [6.45, 7) is 7.05. The fraction of sp³-hybridized carbons (Fsp3) is 0.375. The fourth-order valence-electron chi connectivity index (χ4n) is 3.95. The van der Waals surface area contributed by atoms with Crippen LogP contribution in [0.1, 0.15) is 42.3 Å². The van der Waals surface area contributed by atoms with Gasteiger partial charge in [0.15, 0.2) is 11.5 Å². The molecule has 318 valence electrons. The van der Waals surface area contributed by atoms with Crippen molar-refractivity contribution in [1.29, 1.82) is 0 Å². The number of carbonyl (C=O) groups is 5. The van der Waals surface area contributed by atoms with Gasteiger partial charge in [-0.2, -0.15) is 39.5 Å². The van der Waals surface area contributed by atoms with E-state index in [1.165, 1.54) is 6.20 Å². The van der Waals surface area contributed by atoms with E-state index < -0.39 is 48.4 Å². The summed E-state index contributed by atoms with van der Waals surface area (Å²) in [7, 11) is 0. The molecule has 0 aliphatic rings. The summed E-state index contributed by atoms with van der Waals surface area (Å²) in [5.74, 6) is -8.09. The van der Waals surface area contributed by atoms with E-state index in [9.17, 15) is 49.1 Å². The van der Waals surface area contributed by atoms with Crippen molar-refractivity contribution in [3.05, 3.63) is 53.2 Å². The maximum atomic E-state index is 12.3. The van der Waals surface area contributed by atoms with Crippen LogP contribution in [0.15, 0.2) is 36.5 Å². The molecule has 0 spiro atoms. The number of aliphatic carboxylic acids is 3. The molecule has 3 rings (SSSR count). The largest absolute Gasteiger partial charge is 0.490 e. The van der Waals surface area contributed by atoms with E-state index in [1.807, 2.05) is 39.0 Å². The van der Waals surface area contributed by atoms with Crippen molar-refractivity contribution in [2.75, 3.05) is 25.1 Å². The maximum Gasteiger partial charge on any atom is 0.490 e. The number of nitrogens with zero attached hydrogens (tertiary/aromatic N) is 1. The summed E-state index contributed by atoms with van der Waals surface area (Å²) in [5.41, 5.74) is 20.9. The van der Waals surface area contributed by atoms with Crippen LogP contribution in [0.3, 0.4) is 0 Å². The lowest BCUT2D eigenvalue weighted by molar-refractivity contribution is -0.193. The highest BCUT2D eigenvalue weighted by molar-refractivity contribution is 6.08. The van der Waals surface area contributed by atoms with Crippen LogP contribution in [0.5, 0.6) is 11.5 Å². The number of aromatic nitrogens is 1. The van der Waals surface area contributed by atoms with E-state index in [0.29, 0.717) is 47.7 Å². The van der Waals surface area contributed by atoms with Crippen molar-refractivity contribution < 1.29 is 88.3 Å². The number of nitrogens with two attached hydrogens (primary N) is 3. The number of halogens is 9. The number of nitrogens with one attached hydrogen (secondary N) is 2. The minimum absolute atomic E-state index is 0.0633. The lowest BCUT2D eigenvalue weighted by Crippen LogP contribution is -2.45. The van der Waals surface area contributed by atoms with Crippen molar-refractivity contribution in [3.63, 3.8) is 0 Å². The zero-order valence-electron chi connectivity index (χ0n) is 29.9. The summed E-state index contributed by atoms with van der Waals surface area (Å²) in [6, 6.07) is 8.53. The van der Waals surface area contributed by atoms with Crippen LogP contribution in [0.2, 0.25) is 0 Å². The third-order valence-corrected chi connectivity index (χ3v) is 6.46. The maximum absolute atomic E-state index is 12.3. The molecule has 3 aromatic rings. The Bertz CT molecular complexity index is 1800. The third kappa shape index (κ3) is 17.1. The molecular weight excluding hydrogens is 799 g/mol. The standard InChI is InChI=1S/C26H34N6O4.3C2HF3O2/c1-4-16-15(13-31-26(34)19(28)12-27)8-7-9-20(16)32-24-17-10-22(35-5-2)23(36-6-3)11-21(17)30-14-18(24)25(29)33;3*3-2(4,5)1(6)7/h7-11,14,19H,4-6,12-13,27-28H2,1-3H3,(H2,29,33)(H,30,32)(H,31,34);3*(H,6,7)/t19-;;;/m0.../s1. The van der Waals surface area contributed by atoms with Crippen molar-refractivity contribution in [2.45, 2.75) is 58.3 Å². The van der Waals surface area contributed by atoms with E-state index in [0.717, 1.165) is 16.8 Å². The number of benzene rings is 2. The van der Waals surface area contributed by atoms with E-state index >= 15 is 0 Å². The summed E-state index contributed by atoms with van der Waals surface area (Å²) in [4.78, 5) is 55.6. The van der Waals surface area contributed by atoms with Gasteiger partial charge in [-0.25, -0.2) is 14.4 Å². The highest BCUT2D eigenvalue weighted by atomic mass is 19.4. The molecule has 16 nitrogen and oxygen atoms in total. The second-order valence-electron chi connectivity index (χ2n) is 10.5. The number of primary amides is 1. The van der Waals surface area contributed by atoms with Crippen molar-refractivity contribution in [3.8, 4) is 11.5 Å². The molecule has 0 saturated heterocycles. The Labute approximate surface area is 316 Å². The molecule has 0 aliphatic heterocycles. The van der Waals surface area contributed by atoms with Gasteiger partial charge in [0.05, 0.1) is 36.0 Å². The molecule has 2 aromatic carbocycles. The monoisotopic (exact) mass is 836 g/mol. The smallest absolute Gasteiger partial charge is 0.490 e. The quantitative estimate of drug-likeness (QED) is 0.119. The molecule has 57 heavy (non-hydrogen) atoms. The predicted octanol–water partition coefficient (Wildman–Crippen LogP) is 4.24. The van der Waals surface area contributed by atoms with Crippen LogP contribution >= 0.6 is 0 Å². The molecule has 0 fully saturated rings. The Hall–Kier alpha value is -6.11. The second kappa shape index (κ2) is 22.4. The Kier molecular flexibility index (Phi) is 20.0. The zero-order chi connectivity index (χ0) is 44.5. The normalized spacial score (nSPS) is 11.5. The molecule has 1 heterocycles. The number of hydrogen-bond donors (Lipinski definition) is 8. The van der Waals surface area contributed by atoms with Crippen LogP contribution in [0, 0.1) is 0 Å². The number of hydrogen-bond acceptors (Lipinski definition) is 11. The minimum Gasteiger partial charge on any atom is -0.490 e. The number of alkyl halides is 9. The van der Waals surface area contributed by atoms with Crippen LogP contribution in [0.25, 0.3) is 10.9 Å². The number of ether oxygens (including phenoxy) is 2. The molecule has 0 aliphatic carbocycles. The second-order valence-corrected chi connectivity index (χ2v) is 10.5. The van der Waals surface area contributed by atoms with Crippen LogP contribution < -0.4 is 37.3 Å². The molecule has 0 radical (unpaired) electrons. The fourth-order valence-corrected chi connectivity index (χ4v) is 3.95. The minimum atomic E-state index is -5.08. The van der Waals surface area contributed by atoms with Gasteiger partial charge in [0, 0.05) is 36.4 Å². The number of anilines is 2. The first-order chi connectivity index (χ1) is 26.2. The van der Waals surface area contributed by atoms with Crippen molar-refractivity contribution in [1.82, 2.24) is 10.3 Å². The first kappa shape index (κ1) is 50.9. The van der Waals surface area contributed by atoms with E-state index in [2.05, 4.69) is 15.6 Å². The molecular formula is C32H37F9N6O10. The molecule has 25 heteroatoms. The first-order valence-electron chi connectivity index (χ1n) is 15.7. The number of carboxylic acid groups (broad SMARTS) is 3. The van der Waals surface area contributed by atoms with Crippen LogP contribution in [0.4, 0.5) is 50.9 Å².